The Hall–Kier alpha value is -2.74. The van der Waals surface area contributed by atoms with Crippen molar-refractivity contribution in [3.05, 3.63) is 52.6 Å². The summed E-state index contributed by atoms with van der Waals surface area (Å²) in [6.07, 6.45) is 1.59. The number of hydrogen-bond acceptors (Lipinski definition) is 3. The molecular weight excluding hydrogens is 305 g/mol. The molecule has 0 atom stereocenters. The Morgan fingerprint density at radius 3 is 2.33 bits per heavy atom. The van der Waals surface area contributed by atoms with Gasteiger partial charge in [0.05, 0.1) is 17.0 Å². The van der Waals surface area contributed by atoms with E-state index in [4.69, 9.17) is 0 Å². The number of allylic oxidation sites excluding steroid dienone is 1. The monoisotopic (exact) mass is 325 g/mol. The molecule has 0 fully saturated rings. The first-order valence-corrected chi connectivity index (χ1v) is 7.64. The Balaban J connectivity index is 2.53. The minimum Gasteiger partial charge on any atom is -0.293 e. The second-order valence-corrected chi connectivity index (χ2v) is 6.72. The minimum atomic E-state index is -0.629. The van der Waals surface area contributed by atoms with Crippen LogP contribution in [0.2, 0.25) is 0 Å². The third kappa shape index (κ3) is 3.43. The van der Waals surface area contributed by atoms with E-state index in [1.165, 1.54) is 12.1 Å². The summed E-state index contributed by atoms with van der Waals surface area (Å²) in [5.41, 5.74) is 2.41. The predicted octanol–water partition coefficient (Wildman–Crippen LogP) is 4.15. The van der Waals surface area contributed by atoms with Crippen molar-refractivity contribution in [3.63, 3.8) is 0 Å². The smallest absolute Gasteiger partial charge is 0.178 e. The highest BCUT2D eigenvalue weighted by molar-refractivity contribution is 6.06. The first kappa shape index (κ1) is 17.6. The molecule has 2 rings (SSSR count). The maximum absolute atomic E-state index is 13.1. The Labute approximate surface area is 141 Å². The first-order chi connectivity index (χ1) is 11.1. The van der Waals surface area contributed by atoms with Crippen LogP contribution in [0.25, 0.3) is 11.8 Å². The van der Waals surface area contributed by atoms with E-state index in [0.29, 0.717) is 5.69 Å². The second-order valence-electron chi connectivity index (χ2n) is 6.72. The Bertz CT molecular complexity index is 846. The van der Waals surface area contributed by atoms with Crippen molar-refractivity contribution < 1.29 is 9.18 Å². The summed E-state index contributed by atoms with van der Waals surface area (Å²) < 4.78 is 14.8. The summed E-state index contributed by atoms with van der Waals surface area (Å²) in [5.74, 6) is -0.527. The molecule has 1 aromatic heterocycles. The molecule has 0 radical (unpaired) electrons. The molecule has 5 heteroatoms. The summed E-state index contributed by atoms with van der Waals surface area (Å²) in [4.78, 5) is 12.4. The summed E-state index contributed by atoms with van der Waals surface area (Å²) >= 11 is 0. The topological polar surface area (TPSA) is 58.7 Å². The van der Waals surface area contributed by atoms with Crippen LogP contribution in [0, 0.1) is 36.4 Å². The van der Waals surface area contributed by atoms with E-state index in [1.807, 2.05) is 19.9 Å². The van der Waals surface area contributed by atoms with Crippen LogP contribution in [0.3, 0.4) is 0 Å². The number of Topliss-reactive ketones (excluding diaryl/α,β-unsaturated/α-hetero) is 1. The number of ketones is 1. The van der Waals surface area contributed by atoms with Gasteiger partial charge in [-0.15, -0.1) is 0 Å². The van der Waals surface area contributed by atoms with Gasteiger partial charge in [-0.25, -0.2) is 9.07 Å². The summed E-state index contributed by atoms with van der Waals surface area (Å²) in [6.45, 7) is 9.01. The van der Waals surface area contributed by atoms with Gasteiger partial charge < -0.3 is 0 Å². The number of rotatable bonds is 3. The van der Waals surface area contributed by atoms with Crippen LogP contribution < -0.4 is 0 Å². The fraction of sp³-hybridized carbons (Fsp3) is 0.316. The van der Waals surface area contributed by atoms with Crippen LogP contribution >= 0.6 is 0 Å². The molecule has 0 saturated carbocycles. The van der Waals surface area contributed by atoms with Crippen LogP contribution in [0.15, 0.2) is 29.8 Å². The van der Waals surface area contributed by atoms with Gasteiger partial charge in [0.25, 0.3) is 0 Å². The fourth-order valence-corrected chi connectivity index (χ4v) is 2.39. The van der Waals surface area contributed by atoms with Crippen molar-refractivity contribution >= 4 is 11.9 Å². The third-order valence-corrected chi connectivity index (χ3v) is 3.75. The number of aryl methyl sites for hydroxylation is 1. The van der Waals surface area contributed by atoms with Crippen LogP contribution in [0.5, 0.6) is 0 Å². The molecule has 1 heterocycles. The Morgan fingerprint density at radius 2 is 1.83 bits per heavy atom. The van der Waals surface area contributed by atoms with Crippen molar-refractivity contribution in [1.82, 2.24) is 9.78 Å². The van der Waals surface area contributed by atoms with Crippen molar-refractivity contribution in [2.24, 2.45) is 5.41 Å². The van der Waals surface area contributed by atoms with Crippen LogP contribution in [-0.2, 0) is 4.79 Å². The number of nitriles is 1. The maximum atomic E-state index is 13.1. The van der Waals surface area contributed by atoms with Gasteiger partial charge in [-0.1, -0.05) is 20.8 Å². The standard InChI is InChI=1S/C19H20FN3O/c1-12-17(10-14(11-21)18(24)19(3,4)5)13(2)23(22-12)16-8-6-15(20)7-9-16/h6-10H,1-5H3/b14-10+. The number of aromatic nitrogens is 2. The summed E-state index contributed by atoms with van der Waals surface area (Å²) in [6, 6.07) is 7.99. The molecule has 0 N–H and O–H groups in total. The zero-order valence-electron chi connectivity index (χ0n) is 14.5. The van der Waals surface area contributed by atoms with Crippen molar-refractivity contribution in [2.45, 2.75) is 34.6 Å². The zero-order chi connectivity index (χ0) is 18.1. The zero-order valence-corrected chi connectivity index (χ0v) is 14.5. The number of carbonyl (C=O) groups is 1. The maximum Gasteiger partial charge on any atom is 0.178 e. The molecule has 24 heavy (non-hydrogen) atoms. The average Bonchev–Trinajstić information content (AvgIpc) is 2.79. The molecule has 0 aliphatic rings. The Morgan fingerprint density at radius 1 is 1.25 bits per heavy atom. The third-order valence-electron chi connectivity index (χ3n) is 3.75. The highest BCUT2D eigenvalue weighted by Crippen LogP contribution is 2.25. The van der Waals surface area contributed by atoms with Gasteiger partial charge in [0.2, 0.25) is 0 Å². The van der Waals surface area contributed by atoms with E-state index in [0.717, 1.165) is 16.9 Å². The van der Waals surface area contributed by atoms with Crippen LogP contribution in [0.4, 0.5) is 4.39 Å². The van der Waals surface area contributed by atoms with Crippen LogP contribution in [-0.4, -0.2) is 15.6 Å². The number of carbonyl (C=O) groups excluding carboxylic acids is 1. The lowest BCUT2D eigenvalue weighted by molar-refractivity contribution is -0.121. The Kier molecular flexibility index (Phi) is 4.70. The van der Waals surface area contributed by atoms with Gasteiger partial charge >= 0.3 is 0 Å². The SMILES string of the molecule is Cc1nn(-c2ccc(F)cc2)c(C)c1/C=C(\C#N)C(=O)C(C)(C)C. The molecule has 2 aromatic rings. The summed E-state index contributed by atoms with van der Waals surface area (Å²) in [5, 5.41) is 13.8. The summed E-state index contributed by atoms with van der Waals surface area (Å²) in [7, 11) is 0. The van der Waals surface area contributed by atoms with Gasteiger partial charge in [0.1, 0.15) is 11.9 Å². The quantitative estimate of drug-likeness (QED) is 0.629. The molecule has 124 valence electrons. The number of hydrogen-bond donors (Lipinski definition) is 0. The molecule has 0 spiro atoms. The lowest BCUT2D eigenvalue weighted by Gasteiger charge is -2.15. The van der Waals surface area contributed by atoms with Crippen molar-refractivity contribution in [3.8, 4) is 11.8 Å². The van der Waals surface area contributed by atoms with E-state index < -0.39 is 5.41 Å². The molecule has 0 aliphatic carbocycles. The minimum absolute atomic E-state index is 0.104. The molecular formula is C19H20FN3O. The number of benzene rings is 1. The van der Waals surface area contributed by atoms with Crippen molar-refractivity contribution in [2.75, 3.05) is 0 Å². The van der Waals surface area contributed by atoms with E-state index in [9.17, 15) is 14.4 Å². The van der Waals surface area contributed by atoms with Gasteiger partial charge in [0, 0.05) is 16.7 Å². The van der Waals surface area contributed by atoms with E-state index >= 15 is 0 Å². The highest BCUT2D eigenvalue weighted by atomic mass is 19.1. The number of nitrogens with zero attached hydrogens (tertiary/aromatic N) is 3. The molecule has 0 bridgehead atoms. The molecule has 1 aromatic carbocycles. The predicted molar refractivity (Wildman–Crippen MR) is 91.0 cm³/mol. The molecule has 0 unspecified atom stereocenters. The van der Waals surface area contributed by atoms with Gasteiger partial charge in [-0.2, -0.15) is 10.4 Å². The molecule has 0 amide bonds. The molecule has 4 nitrogen and oxygen atoms in total. The van der Waals surface area contributed by atoms with Gasteiger partial charge in [-0.3, -0.25) is 4.79 Å². The molecule has 0 aliphatic heterocycles. The van der Waals surface area contributed by atoms with E-state index in [1.54, 1.807) is 43.7 Å². The van der Waals surface area contributed by atoms with E-state index in [-0.39, 0.29) is 17.2 Å². The fourth-order valence-electron chi connectivity index (χ4n) is 2.39. The van der Waals surface area contributed by atoms with E-state index in [2.05, 4.69) is 5.10 Å². The highest BCUT2D eigenvalue weighted by Gasteiger charge is 2.25. The van der Waals surface area contributed by atoms with Gasteiger partial charge in [-0.05, 0) is 44.2 Å². The lowest BCUT2D eigenvalue weighted by atomic mass is 9.86. The van der Waals surface area contributed by atoms with Gasteiger partial charge in [0.15, 0.2) is 5.78 Å². The normalized spacial score (nSPS) is 12.1. The van der Waals surface area contributed by atoms with Crippen molar-refractivity contribution in [1.29, 1.82) is 5.26 Å². The average molecular weight is 325 g/mol. The largest absolute Gasteiger partial charge is 0.293 e. The van der Waals surface area contributed by atoms with Crippen LogP contribution in [0.1, 0.15) is 37.7 Å². The number of halogens is 1. The second kappa shape index (κ2) is 6.40. The first-order valence-electron chi connectivity index (χ1n) is 7.64. The molecule has 0 saturated heterocycles. The lowest BCUT2D eigenvalue weighted by Crippen LogP contribution is -2.21.